The van der Waals surface area contributed by atoms with E-state index in [1.165, 1.54) is 6.42 Å². The monoisotopic (exact) mass is 288 g/mol. The van der Waals surface area contributed by atoms with Crippen molar-refractivity contribution in [1.82, 2.24) is 15.3 Å². The normalized spacial score (nSPS) is 20.1. The molecule has 2 aliphatic rings. The van der Waals surface area contributed by atoms with Gasteiger partial charge >= 0.3 is 0 Å². The molecule has 2 fully saturated rings. The molecule has 0 unspecified atom stereocenters. The Bertz CT molecular complexity index is 493. The topological polar surface area (TPSA) is 58.1 Å². The lowest BCUT2D eigenvalue weighted by atomic mass is 9.84. The Morgan fingerprint density at radius 1 is 1.29 bits per heavy atom. The Morgan fingerprint density at radius 3 is 2.67 bits per heavy atom. The highest BCUT2D eigenvalue weighted by molar-refractivity contribution is 5.79. The van der Waals surface area contributed by atoms with Gasteiger partial charge < -0.3 is 10.2 Å². The van der Waals surface area contributed by atoms with E-state index in [-0.39, 0.29) is 5.91 Å². The number of carbonyl (C=O) groups is 1. The summed E-state index contributed by atoms with van der Waals surface area (Å²) in [6.45, 7) is 4.81. The average molecular weight is 288 g/mol. The zero-order chi connectivity index (χ0) is 14.7. The molecule has 0 bridgehead atoms. The molecule has 0 aromatic carbocycles. The lowest BCUT2D eigenvalue weighted by molar-refractivity contribution is -0.127. The lowest BCUT2D eigenvalue weighted by Gasteiger charge is -2.33. The molecule has 0 spiro atoms. The molecule has 5 heteroatoms. The summed E-state index contributed by atoms with van der Waals surface area (Å²) in [5, 5.41) is 3.13. The number of anilines is 1. The van der Waals surface area contributed by atoms with Gasteiger partial charge in [-0.15, -0.1) is 0 Å². The van der Waals surface area contributed by atoms with E-state index in [9.17, 15) is 4.79 Å². The van der Waals surface area contributed by atoms with Gasteiger partial charge in [-0.25, -0.2) is 4.98 Å². The zero-order valence-corrected chi connectivity index (χ0v) is 12.7. The number of carbonyl (C=O) groups excluding carboxylic acids is 1. The fraction of sp³-hybridized carbons (Fsp3) is 0.688. The molecule has 1 amide bonds. The number of hydrogen-bond donors (Lipinski definition) is 1. The van der Waals surface area contributed by atoms with E-state index in [4.69, 9.17) is 0 Å². The SMILES string of the molecule is Cc1cncc(N2CCC(CNC(=O)C3CCC3)CC2)n1. The molecule has 1 aliphatic heterocycles. The summed E-state index contributed by atoms with van der Waals surface area (Å²) in [5.41, 5.74) is 0.961. The van der Waals surface area contributed by atoms with Crippen molar-refractivity contribution >= 4 is 11.7 Å². The van der Waals surface area contributed by atoms with Crippen LogP contribution in [-0.2, 0) is 4.79 Å². The van der Waals surface area contributed by atoms with Gasteiger partial charge in [0, 0.05) is 31.7 Å². The van der Waals surface area contributed by atoms with Crippen LogP contribution in [0.2, 0.25) is 0 Å². The third-order valence-corrected chi connectivity index (χ3v) is 4.72. The van der Waals surface area contributed by atoms with Crippen molar-refractivity contribution in [3.8, 4) is 0 Å². The molecule has 2 heterocycles. The molecule has 114 valence electrons. The van der Waals surface area contributed by atoms with Gasteiger partial charge in [0.05, 0.1) is 11.9 Å². The lowest BCUT2D eigenvalue weighted by Crippen LogP contribution is -2.41. The molecular formula is C16H24N4O. The van der Waals surface area contributed by atoms with E-state index in [0.717, 1.165) is 56.8 Å². The summed E-state index contributed by atoms with van der Waals surface area (Å²) < 4.78 is 0. The van der Waals surface area contributed by atoms with Crippen LogP contribution in [0.3, 0.4) is 0 Å². The van der Waals surface area contributed by atoms with E-state index >= 15 is 0 Å². The Morgan fingerprint density at radius 2 is 2.05 bits per heavy atom. The van der Waals surface area contributed by atoms with Gasteiger partial charge in [-0.05, 0) is 38.5 Å². The second-order valence-electron chi connectivity index (χ2n) is 6.32. The highest BCUT2D eigenvalue weighted by atomic mass is 16.1. The Hall–Kier alpha value is -1.65. The molecular weight excluding hydrogens is 264 g/mol. The molecule has 1 N–H and O–H groups in total. The van der Waals surface area contributed by atoms with Crippen molar-refractivity contribution < 1.29 is 4.79 Å². The minimum Gasteiger partial charge on any atom is -0.356 e. The molecule has 0 radical (unpaired) electrons. The summed E-state index contributed by atoms with van der Waals surface area (Å²) >= 11 is 0. The number of aromatic nitrogens is 2. The molecule has 21 heavy (non-hydrogen) atoms. The fourth-order valence-corrected chi connectivity index (χ4v) is 3.03. The Kier molecular flexibility index (Phi) is 4.36. The van der Waals surface area contributed by atoms with E-state index < -0.39 is 0 Å². The van der Waals surface area contributed by atoms with Crippen LogP contribution in [0.4, 0.5) is 5.82 Å². The maximum absolute atomic E-state index is 11.9. The minimum atomic E-state index is 0.272. The number of hydrogen-bond acceptors (Lipinski definition) is 4. The summed E-state index contributed by atoms with van der Waals surface area (Å²) in [6, 6.07) is 0. The fourth-order valence-electron chi connectivity index (χ4n) is 3.03. The maximum Gasteiger partial charge on any atom is 0.223 e. The van der Waals surface area contributed by atoms with Crippen molar-refractivity contribution in [2.24, 2.45) is 11.8 Å². The van der Waals surface area contributed by atoms with Crippen LogP contribution in [0.1, 0.15) is 37.8 Å². The number of nitrogens with one attached hydrogen (secondary N) is 1. The molecule has 0 atom stereocenters. The predicted octanol–water partition coefficient (Wildman–Crippen LogP) is 1.92. The van der Waals surface area contributed by atoms with Crippen LogP contribution < -0.4 is 10.2 Å². The summed E-state index contributed by atoms with van der Waals surface area (Å²) in [7, 11) is 0. The Balaban J connectivity index is 1.43. The van der Waals surface area contributed by atoms with Crippen LogP contribution in [0.5, 0.6) is 0 Å². The quantitative estimate of drug-likeness (QED) is 0.919. The first-order valence-corrected chi connectivity index (χ1v) is 8.03. The van der Waals surface area contributed by atoms with Crippen LogP contribution in [0.25, 0.3) is 0 Å². The minimum absolute atomic E-state index is 0.272. The van der Waals surface area contributed by atoms with Gasteiger partial charge in [-0.2, -0.15) is 0 Å². The number of nitrogens with zero attached hydrogens (tertiary/aromatic N) is 3. The van der Waals surface area contributed by atoms with Crippen LogP contribution in [0.15, 0.2) is 12.4 Å². The highest BCUT2D eigenvalue weighted by Gasteiger charge is 2.26. The smallest absolute Gasteiger partial charge is 0.223 e. The van der Waals surface area contributed by atoms with Crippen molar-refractivity contribution in [1.29, 1.82) is 0 Å². The highest BCUT2D eigenvalue weighted by Crippen LogP contribution is 2.26. The molecule has 3 rings (SSSR count). The molecule has 1 saturated carbocycles. The first kappa shape index (κ1) is 14.3. The molecule has 5 nitrogen and oxygen atoms in total. The number of rotatable bonds is 4. The van der Waals surface area contributed by atoms with E-state index in [0.29, 0.717) is 11.8 Å². The second kappa shape index (κ2) is 6.41. The second-order valence-corrected chi connectivity index (χ2v) is 6.32. The summed E-state index contributed by atoms with van der Waals surface area (Å²) in [4.78, 5) is 22.9. The third kappa shape index (κ3) is 3.52. The summed E-state index contributed by atoms with van der Waals surface area (Å²) in [5.74, 6) is 2.15. The number of piperidine rings is 1. The first-order valence-electron chi connectivity index (χ1n) is 8.03. The van der Waals surface area contributed by atoms with Crippen molar-refractivity contribution in [3.63, 3.8) is 0 Å². The van der Waals surface area contributed by atoms with E-state index in [1.54, 1.807) is 6.20 Å². The van der Waals surface area contributed by atoms with E-state index in [1.807, 2.05) is 13.1 Å². The van der Waals surface area contributed by atoms with E-state index in [2.05, 4.69) is 20.2 Å². The van der Waals surface area contributed by atoms with Crippen LogP contribution in [0, 0.1) is 18.8 Å². The predicted molar refractivity (Wildman–Crippen MR) is 82.1 cm³/mol. The first-order chi connectivity index (χ1) is 10.2. The maximum atomic E-state index is 11.9. The largest absolute Gasteiger partial charge is 0.356 e. The summed E-state index contributed by atoms with van der Waals surface area (Å²) in [6.07, 6.45) is 9.22. The van der Waals surface area contributed by atoms with Gasteiger partial charge in [-0.1, -0.05) is 6.42 Å². The third-order valence-electron chi connectivity index (χ3n) is 4.72. The van der Waals surface area contributed by atoms with Gasteiger partial charge in [0.15, 0.2) is 0 Å². The van der Waals surface area contributed by atoms with Crippen molar-refractivity contribution in [2.45, 2.75) is 39.0 Å². The van der Waals surface area contributed by atoms with Crippen molar-refractivity contribution in [2.75, 3.05) is 24.5 Å². The van der Waals surface area contributed by atoms with Crippen molar-refractivity contribution in [3.05, 3.63) is 18.1 Å². The van der Waals surface area contributed by atoms with Gasteiger partial charge in [0.2, 0.25) is 5.91 Å². The number of amides is 1. The molecule has 1 saturated heterocycles. The van der Waals surface area contributed by atoms with Gasteiger partial charge in [0.1, 0.15) is 5.82 Å². The van der Waals surface area contributed by atoms with Crippen LogP contribution in [-0.4, -0.2) is 35.5 Å². The molecule has 1 aromatic rings. The van der Waals surface area contributed by atoms with Gasteiger partial charge in [-0.3, -0.25) is 9.78 Å². The average Bonchev–Trinajstić information content (AvgIpc) is 2.44. The molecule has 1 aliphatic carbocycles. The standard InChI is InChI=1S/C16H24N4O/c1-12-9-17-11-15(19-12)20-7-5-13(6-8-20)10-18-16(21)14-3-2-4-14/h9,11,13-14H,2-8,10H2,1H3,(H,18,21). The van der Waals surface area contributed by atoms with Crippen LogP contribution >= 0.6 is 0 Å². The Labute approximate surface area is 126 Å². The van der Waals surface area contributed by atoms with Gasteiger partial charge in [0.25, 0.3) is 0 Å². The molecule has 1 aromatic heterocycles. The number of aryl methyl sites for hydroxylation is 1. The zero-order valence-electron chi connectivity index (χ0n) is 12.7.